The molecule has 1 aromatic carbocycles. The minimum absolute atomic E-state index is 0.349. The molecule has 1 aliphatic rings. The smallest absolute Gasteiger partial charge is 0.183 e. The highest BCUT2D eigenvalue weighted by Crippen LogP contribution is 2.26. The zero-order valence-electron chi connectivity index (χ0n) is 17.2. The van der Waals surface area contributed by atoms with Gasteiger partial charge in [-0.25, -0.2) is 8.42 Å². The number of sulfone groups is 1. The van der Waals surface area contributed by atoms with E-state index < -0.39 is 14.6 Å². The second kappa shape index (κ2) is 8.68. The Bertz CT molecular complexity index is 604. The van der Waals surface area contributed by atoms with Gasteiger partial charge < -0.3 is 0 Å². The van der Waals surface area contributed by atoms with E-state index in [1.165, 1.54) is 32.1 Å². The second-order valence-corrected chi connectivity index (χ2v) is 11.7. The van der Waals surface area contributed by atoms with Crippen LogP contribution in [0.25, 0.3) is 0 Å². The lowest BCUT2D eigenvalue weighted by atomic mass is 9.91. The summed E-state index contributed by atoms with van der Waals surface area (Å²) < 4.78 is 23.0. The predicted molar refractivity (Wildman–Crippen MR) is 108 cm³/mol. The van der Waals surface area contributed by atoms with E-state index in [1.807, 2.05) is 6.07 Å². The number of hydrogen-bond acceptors (Lipinski definition) is 3. The molecule has 0 amide bonds. The molecule has 144 valence electrons. The molecule has 0 saturated heterocycles. The zero-order valence-corrected chi connectivity index (χ0v) is 18.0. The standard InChI is InChI=1S/C11H23N.C10H14O2S/c1-11(2,3)12(4)10-8-6-5-7-9-10;1-10(2,3)13(11,12)9-7-5-4-6-8-9/h10H,5-9H2,1-4H3;4-8H,1-3H3. The molecule has 1 aliphatic carbocycles. The molecule has 25 heavy (non-hydrogen) atoms. The minimum atomic E-state index is -3.18. The van der Waals surface area contributed by atoms with E-state index >= 15 is 0 Å². The summed E-state index contributed by atoms with van der Waals surface area (Å²) in [7, 11) is -0.903. The Balaban J connectivity index is 0.000000251. The fourth-order valence-electron chi connectivity index (χ4n) is 2.97. The summed E-state index contributed by atoms with van der Waals surface area (Å²) in [4.78, 5) is 2.94. The summed E-state index contributed by atoms with van der Waals surface area (Å²) in [5, 5.41) is 0. The van der Waals surface area contributed by atoms with Crippen LogP contribution in [0.3, 0.4) is 0 Å². The van der Waals surface area contributed by atoms with Crippen LogP contribution in [0.4, 0.5) is 0 Å². The first-order valence-electron chi connectivity index (χ1n) is 9.40. The van der Waals surface area contributed by atoms with Gasteiger partial charge in [-0.15, -0.1) is 0 Å². The van der Waals surface area contributed by atoms with Crippen LogP contribution >= 0.6 is 0 Å². The number of benzene rings is 1. The lowest BCUT2D eigenvalue weighted by Crippen LogP contribution is -2.45. The van der Waals surface area contributed by atoms with Crippen molar-refractivity contribution in [2.45, 2.75) is 94.9 Å². The summed E-state index contributed by atoms with van der Waals surface area (Å²) in [6, 6.07) is 9.37. The van der Waals surface area contributed by atoms with E-state index in [0.29, 0.717) is 10.4 Å². The van der Waals surface area contributed by atoms with Gasteiger partial charge in [0.1, 0.15) is 0 Å². The van der Waals surface area contributed by atoms with Crippen molar-refractivity contribution in [2.75, 3.05) is 7.05 Å². The number of hydrogen-bond donors (Lipinski definition) is 0. The Labute approximate surface area is 155 Å². The quantitative estimate of drug-likeness (QED) is 0.711. The Morgan fingerprint density at radius 3 is 1.76 bits per heavy atom. The van der Waals surface area contributed by atoms with Crippen LogP contribution in [0.1, 0.15) is 73.6 Å². The van der Waals surface area contributed by atoms with E-state index in [4.69, 9.17) is 0 Å². The van der Waals surface area contributed by atoms with Gasteiger partial charge in [-0.2, -0.15) is 0 Å². The van der Waals surface area contributed by atoms with Crippen molar-refractivity contribution in [1.29, 1.82) is 0 Å². The number of rotatable bonds is 2. The molecule has 2 rings (SSSR count). The maximum Gasteiger partial charge on any atom is 0.183 e. The molecule has 0 aromatic heterocycles. The van der Waals surface area contributed by atoms with Crippen molar-refractivity contribution in [3.63, 3.8) is 0 Å². The van der Waals surface area contributed by atoms with Gasteiger partial charge in [-0.05, 0) is 73.6 Å². The lowest BCUT2D eigenvalue weighted by molar-refractivity contribution is 0.0912. The average Bonchev–Trinajstić information content (AvgIpc) is 2.54. The van der Waals surface area contributed by atoms with Crippen molar-refractivity contribution in [1.82, 2.24) is 4.90 Å². The summed E-state index contributed by atoms with van der Waals surface area (Å²) in [6.45, 7) is 12.0. The van der Waals surface area contributed by atoms with E-state index in [9.17, 15) is 8.42 Å². The number of nitrogens with zero attached hydrogens (tertiary/aromatic N) is 1. The van der Waals surface area contributed by atoms with Crippen LogP contribution < -0.4 is 0 Å². The summed E-state index contributed by atoms with van der Waals surface area (Å²) in [5.74, 6) is 0. The van der Waals surface area contributed by atoms with Crippen molar-refractivity contribution in [3.8, 4) is 0 Å². The van der Waals surface area contributed by atoms with Gasteiger partial charge >= 0.3 is 0 Å². The monoisotopic (exact) mass is 367 g/mol. The average molecular weight is 368 g/mol. The largest absolute Gasteiger partial charge is 0.299 e. The maximum atomic E-state index is 11.9. The molecule has 0 atom stereocenters. The van der Waals surface area contributed by atoms with E-state index in [0.717, 1.165) is 6.04 Å². The topological polar surface area (TPSA) is 37.4 Å². The van der Waals surface area contributed by atoms with Gasteiger partial charge in [0.2, 0.25) is 0 Å². The third-order valence-corrected chi connectivity index (χ3v) is 7.55. The lowest BCUT2D eigenvalue weighted by Gasteiger charge is -2.40. The highest BCUT2D eigenvalue weighted by atomic mass is 32.2. The van der Waals surface area contributed by atoms with E-state index in [-0.39, 0.29) is 0 Å². The first kappa shape index (κ1) is 22.2. The van der Waals surface area contributed by atoms with Crippen molar-refractivity contribution < 1.29 is 8.42 Å². The van der Waals surface area contributed by atoms with Crippen LogP contribution in [0, 0.1) is 0 Å². The summed E-state index contributed by atoms with van der Waals surface area (Å²) in [6.07, 6.45) is 7.15. The molecule has 0 N–H and O–H groups in total. The first-order chi connectivity index (χ1) is 11.4. The van der Waals surface area contributed by atoms with Crippen LogP contribution in [0.5, 0.6) is 0 Å². The molecule has 1 aromatic rings. The van der Waals surface area contributed by atoms with Crippen LogP contribution in [0.2, 0.25) is 0 Å². The van der Waals surface area contributed by atoms with Gasteiger partial charge in [-0.3, -0.25) is 4.90 Å². The van der Waals surface area contributed by atoms with Gasteiger partial charge in [0.05, 0.1) is 9.64 Å². The van der Waals surface area contributed by atoms with Gasteiger partial charge in [-0.1, -0.05) is 37.5 Å². The van der Waals surface area contributed by atoms with Crippen molar-refractivity contribution >= 4 is 9.84 Å². The SMILES string of the molecule is CC(C)(C)S(=O)(=O)c1ccccc1.CN(C1CCCCC1)C(C)(C)C. The summed E-state index contributed by atoms with van der Waals surface area (Å²) in [5.41, 5.74) is 0.349. The van der Waals surface area contributed by atoms with Crippen LogP contribution in [0.15, 0.2) is 35.2 Å². The Hall–Kier alpha value is -0.870. The third-order valence-electron chi connectivity index (χ3n) is 5.04. The third kappa shape index (κ3) is 6.41. The molecule has 3 nitrogen and oxygen atoms in total. The molecule has 0 unspecified atom stereocenters. The molecule has 0 aliphatic heterocycles. The fraction of sp³-hybridized carbons (Fsp3) is 0.714. The highest BCUT2D eigenvalue weighted by molar-refractivity contribution is 7.92. The van der Waals surface area contributed by atoms with Crippen LogP contribution in [-0.2, 0) is 9.84 Å². The van der Waals surface area contributed by atoms with E-state index in [1.54, 1.807) is 45.0 Å². The highest BCUT2D eigenvalue weighted by Gasteiger charge is 2.30. The molecular formula is C21H37NO2S. The molecule has 0 bridgehead atoms. The Morgan fingerprint density at radius 2 is 1.36 bits per heavy atom. The van der Waals surface area contributed by atoms with Gasteiger partial charge in [0.25, 0.3) is 0 Å². The van der Waals surface area contributed by atoms with Gasteiger partial charge in [0.15, 0.2) is 9.84 Å². The predicted octanol–water partition coefficient (Wildman–Crippen LogP) is 5.31. The van der Waals surface area contributed by atoms with Crippen molar-refractivity contribution in [3.05, 3.63) is 30.3 Å². The molecule has 0 heterocycles. The molecule has 0 radical (unpaired) electrons. The Kier molecular flexibility index (Phi) is 7.70. The van der Waals surface area contributed by atoms with Gasteiger partial charge in [0, 0.05) is 11.6 Å². The Morgan fingerprint density at radius 1 is 0.880 bits per heavy atom. The van der Waals surface area contributed by atoms with Crippen LogP contribution in [-0.4, -0.2) is 36.7 Å². The molecule has 1 fully saturated rings. The normalized spacial score (nSPS) is 17.1. The molecule has 4 heteroatoms. The molecule has 0 spiro atoms. The molecule has 1 saturated carbocycles. The fourth-order valence-corrected chi connectivity index (χ4v) is 4.19. The molecular weight excluding hydrogens is 330 g/mol. The first-order valence-corrected chi connectivity index (χ1v) is 10.9. The van der Waals surface area contributed by atoms with E-state index in [2.05, 4.69) is 32.7 Å². The summed E-state index contributed by atoms with van der Waals surface area (Å²) >= 11 is 0. The second-order valence-electron chi connectivity index (χ2n) is 9.00. The maximum absolute atomic E-state index is 11.9. The zero-order chi connectivity index (χ0) is 19.3. The van der Waals surface area contributed by atoms with Crippen molar-refractivity contribution in [2.24, 2.45) is 0 Å². The minimum Gasteiger partial charge on any atom is -0.299 e.